The van der Waals surface area contributed by atoms with Gasteiger partial charge in [-0.1, -0.05) is 0 Å². The molecule has 2 unspecified atom stereocenters. The van der Waals surface area contributed by atoms with Gasteiger partial charge in [-0.3, -0.25) is 14.4 Å². The van der Waals surface area contributed by atoms with E-state index in [9.17, 15) is 14.4 Å². The number of hydrogen-bond donors (Lipinski definition) is 1. The van der Waals surface area contributed by atoms with Crippen LogP contribution in [0.5, 0.6) is 5.88 Å². The summed E-state index contributed by atoms with van der Waals surface area (Å²) >= 11 is 0. The van der Waals surface area contributed by atoms with E-state index in [0.29, 0.717) is 12.3 Å². The monoisotopic (exact) mass is 333 g/mol. The van der Waals surface area contributed by atoms with Gasteiger partial charge in [0.1, 0.15) is 5.92 Å². The number of amides is 2. The molecular formula is C17H23N3O4. The summed E-state index contributed by atoms with van der Waals surface area (Å²) in [7, 11) is 3.11. The number of likely N-dealkylation sites (N-methyl/N-ethyl adjacent to an activating group) is 1. The second-order valence-electron chi connectivity index (χ2n) is 6.22. The zero-order valence-electron chi connectivity index (χ0n) is 14.5. The topological polar surface area (TPSA) is 88.6 Å². The molecule has 0 radical (unpaired) electrons. The van der Waals surface area contributed by atoms with E-state index >= 15 is 0 Å². The first-order valence-corrected chi connectivity index (χ1v) is 7.92. The predicted octanol–water partition coefficient (Wildman–Crippen LogP) is 0.493. The first kappa shape index (κ1) is 17.9. The zero-order valence-corrected chi connectivity index (χ0v) is 14.5. The van der Waals surface area contributed by atoms with E-state index in [-0.39, 0.29) is 18.5 Å². The van der Waals surface area contributed by atoms with Crippen molar-refractivity contribution < 1.29 is 19.1 Å². The minimum Gasteiger partial charge on any atom is -0.481 e. The quantitative estimate of drug-likeness (QED) is 0.605. The van der Waals surface area contributed by atoms with Gasteiger partial charge in [0.25, 0.3) is 5.91 Å². The highest BCUT2D eigenvalue weighted by Crippen LogP contribution is 2.17. The Morgan fingerprint density at radius 3 is 2.75 bits per heavy atom. The van der Waals surface area contributed by atoms with E-state index < -0.39 is 17.6 Å². The molecule has 2 rings (SSSR count). The lowest BCUT2D eigenvalue weighted by Gasteiger charge is -2.16. The maximum atomic E-state index is 12.2. The Morgan fingerprint density at radius 2 is 2.21 bits per heavy atom. The maximum absolute atomic E-state index is 12.2. The van der Waals surface area contributed by atoms with Crippen molar-refractivity contribution in [1.29, 1.82) is 0 Å². The van der Waals surface area contributed by atoms with Crippen LogP contribution in [0.25, 0.3) is 0 Å². The summed E-state index contributed by atoms with van der Waals surface area (Å²) in [5, 5.41) is 2.82. The Morgan fingerprint density at radius 1 is 1.50 bits per heavy atom. The Bertz CT molecular complexity index is 659. The van der Waals surface area contributed by atoms with Crippen LogP contribution in [0.15, 0.2) is 12.3 Å². The molecule has 7 nitrogen and oxygen atoms in total. The number of likely N-dealkylation sites (tertiary alicyclic amines) is 1. The summed E-state index contributed by atoms with van der Waals surface area (Å²) in [4.78, 5) is 40.9. The van der Waals surface area contributed by atoms with Crippen LogP contribution in [0.4, 0.5) is 0 Å². The van der Waals surface area contributed by atoms with Gasteiger partial charge in [-0.2, -0.15) is 0 Å². The van der Waals surface area contributed by atoms with Crippen molar-refractivity contribution in [1.82, 2.24) is 15.2 Å². The number of nitrogens with zero attached hydrogens (tertiary/aromatic N) is 2. The largest absolute Gasteiger partial charge is 0.481 e. The smallest absolute Gasteiger partial charge is 0.290 e. The Kier molecular flexibility index (Phi) is 5.54. The van der Waals surface area contributed by atoms with Crippen molar-refractivity contribution in [2.24, 2.45) is 5.92 Å². The fraction of sp³-hybridized carbons (Fsp3) is 0.529. The summed E-state index contributed by atoms with van der Waals surface area (Å²) in [6, 6.07) is 1.91. The van der Waals surface area contributed by atoms with Crippen molar-refractivity contribution in [3.63, 3.8) is 0 Å². The number of nitrogens with one attached hydrogen (secondary N) is 1. The summed E-state index contributed by atoms with van der Waals surface area (Å²) in [6.45, 7) is 3.96. The Hall–Kier alpha value is -2.44. The molecule has 1 aromatic heterocycles. The molecule has 2 heterocycles. The number of methoxy groups -OCH3 is 1. The summed E-state index contributed by atoms with van der Waals surface area (Å²) in [5.41, 5.74) is 2.02. The van der Waals surface area contributed by atoms with Gasteiger partial charge in [0.2, 0.25) is 17.6 Å². The van der Waals surface area contributed by atoms with Crippen molar-refractivity contribution in [2.75, 3.05) is 20.7 Å². The van der Waals surface area contributed by atoms with Crippen molar-refractivity contribution in [3.05, 3.63) is 23.4 Å². The lowest BCUT2D eigenvalue weighted by molar-refractivity contribution is -0.142. The number of hydrogen-bond acceptors (Lipinski definition) is 5. The Balaban J connectivity index is 1.86. The van der Waals surface area contributed by atoms with Crippen LogP contribution in [-0.2, 0) is 20.8 Å². The van der Waals surface area contributed by atoms with Crippen LogP contribution >= 0.6 is 0 Å². The van der Waals surface area contributed by atoms with Crippen LogP contribution in [0.1, 0.15) is 24.5 Å². The van der Waals surface area contributed by atoms with Gasteiger partial charge in [0.05, 0.1) is 7.11 Å². The molecule has 0 spiro atoms. The van der Waals surface area contributed by atoms with E-state index in [1.54, 1.807) is 13.3 Å². The highest BCUT2D eigenvalue weighted by Gasteiger charge is 2.41. The minimum absolute atomic E-state index is 0.103. The van der Waals surface area contributed by atoms with Gasteiger partial charge in [0, 0.05) is 31.4 Å². The molecule has 0 aromatic carbocycles. The molecule has 24 heavy (non-hydrogen) atoms. The third-order valence-electron chi connectivity index (χ3n) is 4.18. The number of carbonyl (C=O) groups is 3. The molecule has 1 aliphatic rings. The number of pyridine rings is 1. The molecular weight excluding hydrogens is 310 g/mol. The summed E-state index contributed by atoms with van der Waals surface area (Å²) in [6.07, 6.45) is 3.22. The van der Waals surface area contributed by atoms with Gasteiger partial charge >= 0.3 is 0 Å². The Labute approximate surface area is 141 Å². The third-order valence-corrected chi connectivity index (χ3v) is 4.18. The minimum atomic E-state index is -0.894. The number of Topliss-reactive ketones (excluding diaryl/α,β-unsaturated/α-hetero) is 1. The van der Waals surface area contributed by atoms with Gasteiger partial charge in [0.15, 0.2) is 0 Å². The number of aryl methyl sites for hydroxylation is 2. The fourth-order valence-electron chi connectivity index (χ4n) is 2.75. The number of ether oxygens (including phenoxy) is 1. The van der Waals surface area contributed by atoms with E-state index in [1.807, 2.05) is 19.9 Å². The first-order valence-electron chi connectivity index (χ1n) is 7.92. The molecule has 0 saturated carbocycles. The van der Waals surface area contributed by atoms with Gasteiger partial charge in [-0.15, -0.1) is 0 Å². The SMILES string of the molecule is COc1ncc(CCC(C)NC(=O)C2CN(C)C(=O)C2=O)cc1C. The highest BCUT2D eigenvalue weighted by molar-refractivity contribution is 6.42. The molecule has 0 bridgehead atoms. The van der Waals surface area contributed by atoms with Gasteiger partial charge in [-0.25, -0.2) is 4.98 Å². The zero-order chi connectivity index (χ0) is 17.9. The van der Waals surface area contributed by atoms with Crippen LogP contribution in [-0.4, -0.2) is 54.2 Å². The van der Waals surface area contributed by atoms with E-state index in [0.717, 1.165) is 17.5 Å². The second-order valence-corrected chi connectivity index (χ2v) is 6.22. The van der Waals surface area contributed by atoms with Crippen molar-refractivity contribution in [3.8, 4) is 5.88 Å². The number of ketones is 1. The van der Waals surface area contributed by atoms with Gasteiger partial charge < -0.3 is 15.0 Å². The molecule has 1 N–H and O–H groups in total. The molecule has 1 aliphatic heterocycles. The lowest BCUT2D eigenvalue weighted by Crippen LogP contribution is -2.40. The lowest BCUT2D eigenvalue weighted by atomic mass is 10.0. The molecule has 0 aliphatic carbocycles. The van der Waals surface area contributed by atoms with Crippen LogP contribution < -0.4 is 10.1 Å². The van der Waals surface area contributed by atoms with E-state index in [1.165, 1.54) is 11.9 Å². The number of aromatic nitrogens is 1. The standard InChI is InChI=1S/C17H23N3O4/c1-10-7-12(8-18-16(10)24-4)6-5-11(2)19-15(22)13-9-20(3)17(23)14(13)21/h7-8,11,13H,5-6,9H2,1-4H3,(H,19,22). The van der Waals surface area contributed by atoms with Crippen LogP contribution in [0, 0.1) is 12.8 Å². The van der Waals surface area contributed by atoms with Crippen molar-refractivity contribution >= 4 is 17.6 Å². The fourth-order valence-corrected chi connectivity index (χ4v) is 2.75. The molecule has 130 valence electrons. The predicted molar refractivity (Wildman–Crippen MR) is 87.6 cm³/mol. The second kappa shape index (κ2) is 7.42. The van der Waals surface area contributed by atoms with E-state index in [4.69, 9.17) is 4.74 Å². The molecule has 1 aromatic rings. The average molecular weight is 333 g/mol. The highest BCUT2D eigenvalue weighted by atomic mass is 16.5. The normalized spacial score (nSPS) is 18.7. The number of rotatable bonds is 6. The van der Waals surface area contributed by atoms with Crippen LogP contribution in [0.3, 0.4) is 0 Å². The molecule has 2 atom stereocenters. The van der Waals surface area contributed by atoms with Gasteiger partial charge in [-0.05, 0) is 38.3 Å². The average Bonchev–Trinajstić information content (AvgIpc) is 2.80. The first-order chi connectivity index (χ1) is 11.3. The summed E-state index contributed by atoms with van der Waals surface area (Å²) < 4.78 is 5.13. The molecule has 1 saturated heterocycles. The third kappa shape index (κ3) is 3.90. The van der Waals surface area contributed by atoms with Crippen molar-refractivity contribution in [2.45, 2.75) is 32.7 Å². The maximum Gasteiger partial charge on any atom is 0.290 e. The molecule has 2 amide bonds. The van der Waals surface area contributed by atoms with Crippen LogP contribution in [0.2, 0.25) is 0 Å². The summed E-state index contributed by atoms with van der Waals surface area (Å²) in [5.74, 6) is -1.89. The number of carbonyl (C=O) groups excluding carboxylic acids is 3. The molecule has 1 fully saturated rings. The van der Waals surface area contributed by atoms with E-state index in [2.05, 4.69) is 10.3 Å². The molecule has 7 heteroatoms.